The summed E-state index contributed by atoms with van der Waals surface area (Å²) in [7, 11) is -4.58. The van der Waals surface area contributed by atoms with Gasteiger partial charge >= 0.3 is 10.2 Å². The highest BCUT2D eigenvalue weighted by atomic mass is 35.5. The molecule has 1 heterocycles. The number of aromatic nitrogens is 1. The number of fused-ring (bicyclic) bond motifs is 1. The normalized spacial score (nSPS) is 11.9. The number of pyridine rings is 1. The van der Waals surface area contributed by atoms with Gasteiger partial charge in [0.05, 0.1) is 5.69 Å². The monoisotopic (exact) mass is 259 g/mol. The molecule has 0 aliphatic heterocycles. The Morgan fingerprint density at radius 2 is 2.00 bits per heavy atom. The molecule has 0 aliphatic carbocycles. The molecule has 0 saturated heterocycles. The Morgan fingerprint density at radius 3 is 2.69 bits per heavy atom. The van der Waals surface area contributed by atoms with Crippen LogP contribution in [0.3, 0.4) is 0 Å². The summed E-state index contributed by atoms with van der Waals surface area (Å²) < 4.78 is 33.5. The molecule has 84 valence electrons. The van der Waals surface area contributed by atoms with E-state index in [1.54, 1.807) is 24.3 Å². The van der Waals surface area contributed by atoms with Crippen molar-refractivity contribution in [3.8, 4) is 0 Å². The average molecular weight is 260 g/mol. The molecule has 1 aromatic carbocycles. The van der Waals surface area contributed by atoms with Crippen molar-refractivity contribution in [1.29, 1.82) is 0 Å². The molecule has 6 heteroatoms. The van der Waals surface area contributed by atoms with Gasteiger partial charge in [0.2, 0.25) is 0 Å². The molecule has 16 heavy (non-hydrogen) atoms. The zero-order chi connectivity index (χ0) is 11.8. The lowest BCUT2D eigenvalue weighted by molar-refractivity contribution is 0.550. The summed E-state index contributed by atoms with van der Waals surface area (Å²) in [5, 5.41) is 1.63. The van der Waals surface area contributed by atoms with Crippen molar-refractivity contribution in [3.63, 3.8) is 0 Å². The molecule has 0 atom stereocenters. The highest BCUT2D eigenvalue weighted by molar-refractivity contribution is 7.85. The van der Waals surface area contributed by atoms with E-state index in [4.69, 9.17) is 11.6 Å². The van der Waals surface area contributed by atoms with E-state index in [0.717, 1.165) is 5.39 Å². The molecule has 0 N–H and O–H groups in total. The first kappa shape index (κ1) is 11.3. The van der Waals surface area contributed by atoms with Crippen LogP contribution in [0.2, 0.25) is 5.15 Å². The van der Waals surface area contributed by atoms with Gasteiger partial charge in [-0.25, -0.2) is 4.98 Å². The van der Waals surface area contributed by atoms with Crippen LogP contribution in [0.15, 0.2) is 30.3 Å². The summed E-state index contributed by atoms with van der Waals surface area (Å²) in [6, 6.07) is 8.61. The zero-order valence-corrected chi connectivity index (χ0v) is 9.59. The van der Waals surface area contributed by atoms with Crippen LogP contribution < -0.4 is 0 Å². The molecule has 0 radical (unpaired) electrons. The van der Waals surface area contributed by atoms with E-state index in [9.17, 15) is 12.3 Å². The Hall–Kier alpha value is -1.20. The molecule has 3 nitrogen and oxygen atoms in total. The van der Waals surface area contributed by atoms with Gasteiger partial charge in [0, 0.05) is 5.39 Å². The van der Waals surface area contributed by atoms with Crippen molar-refractivity contribution in [1.82, 2.24) is 4.98 Å². The molecule has 0 amide bonds. The van der Waals surface area contributed by atoms with Gasteiger partial charge in [-0.05, 0) is 11.5 Å². The van der Waals surface area contributed by atoms with Crippen molar-refractivity contribution in [2.75, 3.05) is 0 Å². The van der Waals surface area contributed by atoms with Crippen LogP contribution in [0.5, 0.6) is 0 Å². The maximum Gasteiger partial charge on any atom is 0.308 e. The summed E-state index contributed by atoms with van der Waals surface area (Å²) in [5.74, 6) is -0.752. The van der Waals surface area contributed by atoms with Gasteiger partial charge in [-0.1, -0.05) is 35.9 Å². The topological polar surface area (TPSA) is 47.0 Å². The van der Waals surface area contributed by atoms with Crippen LogP contribution in [0.25, 0.3) is 10.8 Å². The average Bonchev–Trinajstić information content (AvgIpc) is 2.15. The molecule has 0 fully saturated rings. The van der Waals surface area contributed by atoms with Crippen molar-refractivity contribution >= 4 is 32.6 Å². The summed E-state index contributed by atoms with van der Waals surface area (Å²) in [6.45, 7) is 0. The molecule has 2 rings (SSSR count). The maximum atomic E-state index is 12.5. The van der Waals surface area contributed by atoms with Crippen molar-refractivity contribution in [3.05, 3.63) is 41.2 Å². The minimum Gasteiger partial charge on any atom is -0.239 e. The van der Waals surface area contributed by atoms with E-state index in [1.165, 1.54) is 6.07 Å². The lowest BCUT2D eigenvalue weighted by atomic mass is 10.1. The van der Waals surface area contributed by atoms with Crippen LogP contribution in [0.4, 0.5) is 3.89 Å². The summed E-state index contributed by atoms with van der Waals surface area (Å²) in [5.41, 5.74) is 0.103. The van der Waals surface area contributed by atoms with Crippen LogP contribution in [-0.2, 0) is 16.0 Å². The molecular weight excluding hydrogens is 253 g/mol. The van der Waals surface area contributed by atoms with Gasteiger partial charge in [-0.2, -0.15) is 8.42 Å². The van der Waals surface area contributed by atoms with Crippen LogP contribution in [-0.4, -0.2) is 13.4 Å². The fraction of sp³-hybridized carbons (Fsp3) is 0.100. The Bertz CT molecular complexity index is 642. The third-order valence-corrected chi connectivity index (χ3v) is 3.00. The SMILES string of the molecule is O=S(=O)(F)Cc1cc2ccccc2c(Cl)n1. The van der Waals surface area contributed by atoms with Crippen molar-refractivity contribution in [2.45, 2.75) is 5.75 Å². The van der Waals surface area contributed by atoms with Gasteiger partial charge in [0.1, 0.15) is 10.9 Å². The fourth-order valence-corrected chi connectivity index (χ4v) is 2.24. The van der Waals surface area contributed by atoms with Gasteiger partial charge in [0.15, 0.2) is 0 Å². The molecular formula is C10H7ClFNO2S. The maximum absolute atomic E-state index is 12.5. The number of hydrogen-bond donors (Lipinski definition) is 0. The highest BCUT2D eigenvalue weighted by Crippen LogP contribution is 2.23. The number of nitrogens with zero attached hydrogens (tertiary/aromatic N) is 1. The summed E-state index contributed by atoms with van der Waals surface area (Å²) in [4.78, 5) is 3.83. The smallest absolute Gasteiger partial charge is 0.239 e. The van der Waals surface area contributed by atoms with Gasteiger partial charge in [-0.3, -0.25) is 0 Å². The Labute approximate surface area is 97.1 Å². The Morgan fingerprint density at radius 1 is 1.31 bits per heavy atom. The van der Waals surface area contributed by atoms with Gasteiger partial charge in [0.25, 0.3) is 0 Å². The molecule has 1 aromatic heterocycles. The number of benzene rings is 1. The molecule has 0 saturated carbocycles. The van der Waals surface area contributed by atoms with E-state index < -0.39 is 16.0 Å². The molecule has 0 aliphatic rings. The largest absolute Gasteiger partial charge is 0.308 e. The van der Waals surface area contributed by atoms with Gasteiger partial charge < -0.3 is 0 Å². The first-order valence-electron chi connectivity index (χ1n) is 4.42. The highest BCUT2D eigenvalue weighted by Gasteiger charge is 2.12. The minimum absolute atomic E-state index is 0.103. The number of halogens is 2. The first-order chi connectivity index (χ1) is 7.46. The zero-order valence-electron chi connectivity index (χ0n) is 8.02. The van der Waals surface area contributed by atoms with E-state index in [0.29, 0.717) is 5.39 Å². The minimum atomic E-state index is -4.58. The Kier molecular flexibility index (Phi) is 2.82. The number of hydrogen-bond acceptors (Lipinski definition) is 3. The third kappa shape index (κ3) is 2.48. The van der Waals surface area contributed by atoms with Crippen molar-refractivity contribution < 1.29 is 12.3 Å². The second kappa shape index (κ2) is 3.99. The van der Waals surface area contributed by atoms with Crippen LogP contribution in [0.1, 0.15) is 5.69 Å². The van der Waals surface area contributed by atoms with Crippen LogP contribution in [0, 0.1) is 0 Å². The quantitative estimate of drug-likeness (QED) is 0.615. The first-order valence-corrected chi connectivity index (χ1v) is 6.35. The van der Waals surface area contributed by atoms with E-state index in [-0.39, 0.29) is 10.8 Å². The molecule has 0 unspecified atom stereocenters. The second-order valence-corrected chi connectivity index (χ2v) is 5.03. The number of rotatable bonds is 2. The predicted octanol–water partition coefficient (Wildman–Crippen LogP) is 2.69. The summed E-state index contributed by atoms with van der Waals surface area (Å²) in [6.07, 6.45) is 0. The van der Waals surface area contributed by atoms with E-state index >= 15 is 0 Å². The second-order valence-electron chi connectivity index (χ2n) is 3.31. The van der Waals surface area contributed by atoms with Gasteiger partial charge in [-0.15, -0.1) is 3.89 Å². The summed E-state index contributed by atoms with van der Waals surface area (Å²) >= 11 is 5.86. The standard InChI is InChI=1S/C10H7ClFNO2S/c11-10-9-4-2-1-3-7(9)5-8(13-10)6-16(12,14)15/h1-5H,6H2. The van der Waals surface area contributed by atoms with Crippen LogP contribution >= 0.6 is 11.6 Å². The van der Waals surface area contributed by atoms with E-state index in [1.807, 2.05) is 0 Å². The third-order valence-electron chi connectivity index (χ3n) is 2.07. The molecule has 0 bridgehead atoms. The Balaban J connectivity index is 2.58. The lowest BCUT2D eigenvalue weighted by Crippen LogP contribution is -1.99. The van der Waals surface area contributed by atoms with Crippen molar-refractivity contribution in [2.24, 2.45) is 0 Å². The fourth-order valence-electron chi connectivity index (χ4n) is 1.46. The molecule has 2 aromatic rings. The predicted molar refractivity (Wildman–Crippen MR) is 60.5 cm³/mol. The van der Waals surface area contributed by atoms with E-state index in [2.05, 4.69) is 4.98 Å². The molecule has 0 spiro atoms. The lowest BCUT2D eigenvalue weighted by Gasteiger charge is -2.02.